The fourth-order valence-corrected chi connectivity index (χ4v) is 3.73. The molecule has 5 nitrogen and oxygen atoms in total. The van der Waals surface area contributed by atoms with E-state index in [-0.39, 0.29) is 12.1 Å². The number of anilines is 1. The smallest absolute Gasteiger partial charge is 0.322 e. The van der Waals surface area contributed by atoms with Crippen molar-refractivity contribution >= 4 is 11.7 Å². The van der Waals surface area contributed by atoms with Gasteiger partial charge in [0.25, 0.3) is 0 Å². The molecule has 1 aromatic carbocycles. The number of carbonyl (C=O) groups is 1. The Bertz CT molecular complexity index is 736. The van der Waals surface area contributed by atoms with Crippen LogP contribution in [0.2, 0.25) is 0 Å². The van der Waals surface area contributed by atoms with E-state index in [2.05, 4.69) is 51.2 Å². The first-order valence-corrected chi connectivity index (χ1v) is 10.3. The average molecular weight is 385 g/mol. The van der Waals surface area contributed by atoms with E-state index in [0.29, 0.717) is 24.9 Å². The number of furan rings is 1. The lowest BCUT2D eigenvalue weighted by atomic mass is 9.93. The second kappa shape index (κ2) is 9.28. The van der Waals surface area contributed by atoms with Gasteiger partial charge in [-0.1, -0.05) is 45.9 Å². The third kappa shape index (κ3) is 4.96. The van der Waals surface area contributed by atoms with Gasteiger partial charge in [-0.3, -0.25) is 0 Å². The molecule has 1 aliphatic rings. The molecule has 2 aromatic rings. The largest absolute Gasteiger partial charge is 0.467 e. The van der Waals surface area contributed by atoms with Gasteiger partial charge < -0.3 is 19.4 Å². The third-order valence-electron chi connectivity index (χ3n) is 5.27. The van der Waals surface area contributed by atoms with Crippen LogP contribution >= 0.6 is 0 Å². The summed E-state index contributed by atoms with van der Waals surface area (Å²) in [6.07, 6.45) is 3.77. The highest BCUT2D eigenvalue weighted by molar-refractivity contribution is 5.91. The van der Waals surface area contributed by atoms with Crippen LogP contribution in [0.15, 0.2) is 41.0 Å². The summed E-state index contributed by atoms with van der Waals surface area (Å²) in [5, 5.41) is 3.22. The van der Waals surface area contributed by atoms with E-state index in [1.54, 1.807) is 11.2 Å². The van der Waals surface area contributed by atoms with Crippen molar-refractivity contribution in [1.82, 2.24) is 4.90 Å². The molecule has 1 unspecified atom stereocenters. The van der Waals surface area contributed by atoms with Crippen LogP contribution in [0.5, 0.6) is 0 Å². The maximum absolute atomic E-state index is 13.3. The number of urea groups is 1. The van der Waals surface area contributed by atoms with Gasteiger partial charge >= 0.3 is 6.03 Å². The van der Waals surface area contributed by atoms with Gasteiger partial charge in [0.05, 0.1) is 18.9 Å². The summed E-state index contributed by atoms with van der Waals surface area (Å²) in [5.41, 5.74) is 3.26. The third-order valence-corrected chi connectivity index (χ3v) is 5.27. The van der Waals surface area contributed by atoms with Crippen LogP contribution in [0.3, 0.4) is 0 Å². The molecule has 3 rings (SSSR count). The quantitative estimate of drug-likeness (QED) is 0.662. The summed E-state index contributed by atoms with van der Waals surface area (Å²) < 4.78 is 11.3. The molecule has 1 aliphatic heterocycles. The molecular formula is C23H32N2O3. The zero-order valence-electron chi connectivity index (χ0n) is 17.4. The maximum Gasteiger partial charge on any atom is 0.322 e. The van der Waals surface area contributed by atoms with Gasteiger partial charge in [-0.25, -0.2) is 4.79 Å². The first-order valence-electron chi connectivity index (χ1n) is 10.3. The number of hydrogen-bond donors (Lipinski definition) is 1. The van der Waals surface area contributed by atoms with E-state index in [0.717, 1.165) is 42.0 Å². The fraction of sp³-hybridized carbons (Fsp3) is 0.522. The fourth-order valence-electron chi connectivity index (χ4n) is 3.73. The van der Waals surface area contributed by atoms with Crippen LogP contribution in [0.4, 0.5) is 10.5 Å². The van der Waals surface area contributed by atoms with Gasteiger partial charge in [-0.2, -0.15) is 0 Å². The van der Waals surface area contributed by atoms with Crippen molar-refractivity contribution in [3.05, 3.63) is 53.5 Å². The predicted molar refractivity (Wildman–Crippen MR) is 112 cm³/mol. The molecule has 28 heavy (non-hydrogen) atoms. The highest BCUT2D eigenvalue weighted by Crippen LogP contribution is 2.32. The van der Waals surface area contributed by atoms with Crippen molar-refractivity contribution < 1.29 is 13.9 Å². The first kappa shape index (κ1) is 20.5. The highest BCUT2D eigenvalue weighted by atomic mass is 16.5. The number of hydrogen-bond acceptors (Lipinski definition) is 3. The van der Waals surface area contributed by atoms with Gasteiger partial charge in [-0.05, 0) is 47.9 Å². The van der Waals surface area contributed by atoms with E-state index in [9.17, 15) is 4.79 Å². The van der Waals surface area contributed by atoms with E-state index >= 15 is 0 Å². The average Bonchev–Trinajstić information content (AvgIpc) is 3.35. The van der Waals surface area contributed by atoms with Gasteiger partial charge in [0, 0.05) is 18.8 Å². The molecule has 1 atom stereocenters. The molecule has 0 saturated carbocycles. The molecule has 1 N–H and O–H groups in total. The number of rotatable bonds is 7. The van der Waals surface area contributed by atoms with Gasteiger partial charge in [-0.15, -0.1) is 0 Å². The first-order chi connectivity index (χ1) is 13.5. The Morgan fingerprint density at radius 1 is 1.14 bits per heavy atom. The van der Waals surface area contributed by atoms with Gasteiger partial charge in [0.2, 0.25) is 0 Å². The van der Waals surface area contributed by atoms with Crippen molar-refractivity contribution in [3.8, 4) is 0 Å². The minimum Gasteiger partial charge on any atom is -0.467 e. The molecule has 1 aromatic heterocycles. The summed E-state index contributed by atoms with van der Waals surface area (Å²) in [7, 11) is 0. The minimum atomic E-state index is -0.109. The molecule has 2 heterocycles. The standard InChI is InChI=1S/C23H32N2O3/c1-16(2)20-10-5-11-21(17(3)4)22(20)24-23(26)25(14-18-8-6-12-27-18)15-19-9-7-13-28-19/h5-6,8,10-12,16-17,19H,7,9,13-15H2,1-4H3,(H,24,26). The monoisotopic (exact) mass is 384 g/mol. The topological polar surface area (TPSA) is 54.7 Å². The normalized spacial score (nSPS) is 16.7. The Labute approximate surface area is 168 Å². The zero-order valence-corrected chi connectivity index (χ0v) is 17.4. The lowest BCUT2D eigenvalue weighted by Crippen LogP contribution is -2.40. The lowest BCUT2D eigenvalue weighted by molar-refractivity contribution is 0.0803. The van der Waals surface area contributed by atoms with Crippen LogP contribution in [0, 0.1) is 0 Å². The lowest BCUT2D eigenvalue weighted by Gasteiger charge is -2.27. The summed E-state index contributed by atoms with van der Waals surface area (Å²) in [6, 6.07) is 9.92. The number of para-hydroxylation sites is 1. The Hall–Kier alpha value is -2.27. The van der Waals surface area contributed by atoms with Crippen molar-refractivity contribution in [2.45, 2.75) is 65.0 Å². The molecular weight excluding hydrogens is 352 g/mol. The molecule has 1 fully saturated rings. The molecule has 1 saturated heterocycles. The Morgan fingerprint density at radius 3 is 2.39 bits per heavy atom. The number of benzene rings is 1. The second-order valence-corrected chi connectivity index (χ2v) is 8.15. The van der Waals surface area contributed by atoms with E-state index < -0.39 is 0 Å². The number of carbonyl (C=O) groups excluding carboxylic acids is 1. The van der Waals surface area contributed by atoms with Gasteiger partial charge in [0.15, 0.2) is 0 Å². The Morgan fingerprint density at radius 2 is 1.86 bits per heavy atom. The van der Waals surface area contributed by atoms with E-state index in [1.807, 2.05) is 12.1 Å². The zero-order chi connectivity index (χ0) is 20.1. The number of nitrogens with one attached hydrogen (secondary N) is 1. The molecule has 0 bridgehead atoms. The molecule has 152 valence electrons. The Balaban J connectivity index is 1.84. The second-order valence-electron chi connectivity index (χ2n) is 8.15. The van der Waals surface area contributed by atoms with E-state index in [4.69, 9.17) is 9.15 Å². The van der Waals surface area contributed by atoms with Crippen LogP contribution < -0.4 is 5.32 Å². The van der Waals surface area contributed by atoms with Crippen molar-refractivity contribution in [1.29, 1.82) is 0 Å². The molecule has 5 heteroatoms. The summed E-state index contributed by atoms with van der Waals surface area (Å²) >= 11 is 0. The van der Waals surface area contributed by atoms with Crippen LogP contribution in [0.1, 0.15) is 69.3 Å². The SMILES string of the molecule is CC(C)c1cccc(C(C)C)c1NC(=O)N(Cc1ccco1)CC1CCCO1. The highest BCUT2D eigenvalue weighted by Gasteiger charge is 2.25. The molecule has 0 spiro atoms. The molecule has 0 aliphatic carbocycles. The number of amides is 2. The van der Waals surface area contributed by atoms with E-state index in [1.165, 1.54) is 0 Å². The number of ether oxygens (including phenoxy) is 1. The predicted octanol–water partition coefficient (Wildman–Crippen LogP) is 5.74. The summed E-state index contributed by atoms with van der Waals surface area (Å²) in [6.45, 7) is 10.4. The maximum atomic E-state index is 13.3. The van der Waals surface area contributed by atoms with Crippen LogP contribution in [0.25, 0.3) is 0 Å². The van der Waals surface area contributed by atoms with Crippen molar-refractivity contribution in [3.63, 3.8) is 0 Å². The van der Waals surface area contributed by atoms with Crippen LogP contribution in [-0.2, 0) is 11.3 Å². The summed E-state index contributed by atoms with van der Waals surface area (Å²) in [4.78, 5) is 15.1. The molecule has 2 amide bonds. The molecule has 0 radical (unpaired) electrons. The minimum absolute atomic E-state index is 0.0885. The van der Waals surface area contributed by atoms with Gasteiger partial charge in [0.1, 0.15) is 5.76 Å². The number of nitrogens with zero attached hydrogens (tertiary/aromatic N) is 1. The van der Waals surface area contributed by atoms with Crippen molar-refractivity contribution in [2.24, 2.45) is 0 Å². The van der Waals surface area contributed by atoms with Crippen molar-refractivity contribution in [2.75, 3.05) is 18.5 Å². The van der Waals surface area contributed by atoms with Crippen LogP contribution in [-0.4, -0.2) is 30.2 Å². The Kier molecular flexibility index (Phi) is 6.79. The summed E-state index contributed by atoms with van der Waals surface area (Å²) in [5.74, 6) is 1.42.